The molecule has 0 saturated carbocycles. The smallest absolute Gasteiger partial charge is 0.330 e. The van der Waals surface area contributed by atoms with Gasteiger partial charge in [0.25, 0.3) is 0 Å². The summed E-state index contributed by atoms with van der Waals surface area (Å²) in [7, 11) is 0. The molecule has 2 aromatic rings. The van der Waals surface area contributed by atoms with Gasteiger partial charge in [-0.3, -0.25) is 0 Å². The van der Waals surface area contributed by atoms with Gasteiger partial charge in [0.2, 0.25) is 0 Å². The Kier molecular flexibility index (Phi) is 9.58. The third-order valence-corrected chi connectivity index (χ3v) is 5.02. The first-order valence-electron chi connectivity index (χ1n) is 9.22. The van der Waals surface area contributed by atoms with Crippen molar-refractivity contribution in [3.8, 4) is 11.5 Å². The van der Waals surface area contributed by atoms with Gasteiger partial charge in [0.15, 0.2) is 17.5 Å². The lowest BCUT2D eigenvalue weighted by atomic mass is 10.1. The number of rotatable bonds is 8. The second kappa shape index (κ2) is 11.7. The molecule has 0 fully saturated rings. The van der Waals surface area contributed by atoms with Crippen molar-refractivity contribution >= 4 is 55.3 Å². The van der Waals surface area contributed by atoms with E-state index in [4.69, 9.17) is 25.8 Å². The van der Waals surface area contributed by atoms with Gasteiger partial charge in [-0.2, -0.15) is 0 Å². The molecule has 30 heavy (non-hydrogen) atoms. The zero-order valence-electron chi connectivity index (χ0n) is 16.7. The minimum absolute atomic E-state index is 0.0269. The average Bonchev–Trinajstić information content (AvgIpc) is 2.67. The number of carbonyl (C=O) groups excluding carboxylic acids is 1. The minimum atomic E-state index is -0.767. The van der Waals surface area contributed by atoms with Crippen LogP contribution in [0.3, 0.4) is 0 Å². The molecule has 1 atom stereocenters. The van der Waals surface area contributed by atoms with E-state index in [0.717, 1.165) is 8.95 Å². The summed E-state index contributed by atoms with van der Waals surface area (Å²) in [5.74, 6) is -0.585. The van der Waals surface area contributed by atoms with Gasteiger partial charge < -0.3 is 14.2 Å². The summed E-state index contributed by atoms with van der Waals surface area (Å²) in [6, 6.07) is 7.53. The van der Waals surface area contributed by atoms with E-state index >= 15 is 4.39 Å². The Hall–Kier alpha value is -1.64. The van der Waals surface area contributed by atoms with Crippen LogP contribution in [0.15, 0.2) is 44.3 Å². The first kappa shape index (κ1) is 24.6. The number of aliphatic imine (C=N–C) groups is 1. The van der Waals surface area contributed by atoms with Crippen molar-refractivity contribution < 1.29 is 23.4 Å². The number of benzene rings is 2. The number of hydrogen-bond acceptors (Lipinski definition) is 5. The molecule has 0 N–H and O–H groups in total. The highest BCUT2D eigenvalue weighted by Crippen LogP contribution is 2.36. The summed E-state index contributed by atoms with van der Waals surface area (Å²) in [6.07, 6.45) is 0.0269. The maximum absolute atomic E-state index is 15.2. The SMILES string of the molecule is CCOC(=O)[C@@H](C)N=C(Cc1ccc(Cl)c(Oc2cc(Br)cc(Br)c2)c1F)OCC. The highest BCUT2D eigenvalue weighted by atomic mass is 79.9. The Bertz CT molecular complexity index is 919. The van der Waals surface area contributed by atoms with Gasteiger partial charge in [0, 0.05) is 14.5 Å². The number of halogens is 4. The molecular formula is C21H21Br2ClFNO4. The fourth-order valence-electron chi connectivity index (χ4n) is 2.50. The van der Waals surface area contributed by atoms with E-state index in [2.05, 4.69) is 36.9 Å². The van der Waals surface area contributed by atoms with Gasteiger partial charge >= 0.3 is 5.97 Å². The van der Waals surface area contributed by atoms with Crippen LogP contribution in [0, 0.1) is 5.82 Å². The third kappa shape index (κ3) is 6.96. The summed E-state index contributed by atoms with van der Waals surface area (Å²) in [6.45, 7) is 5.66. The summed E-state index contributed by atoms with van der Waals surface area (Å²) < 4.78 is 32.9. The molecule has 2 rings (SSSR count). The van der Waals surface area contributed by atoms with E-state index in [0.29, 0.717) is 12.4 Å². The van der Waals surface area contributed by atoms with Crippen LogP contribution in [0.4, 0.5) is 4.39 Å². The van der Waals surface area contributed by atoms with Crippen molar-refractivity contribution in [1.29, 1.82) is 0 Å². The second-order valence-electron chi connectivity index (χ2n) is 6.12. The van der Waals surface area contributed by atoms with Crippen molar-refractivity contribution in [2.75, 3.05) is 13.2 Å². The van der Waals surface area contributed by atoms with E-state index in [-0.39, 0.29) is 35.3 Å². The van der Waals surface area contributed by atoms with E-state index in [1.165, 1.54) is 6.07 Å². The molecule has 5 nitrogen and oxygen atoms in total. The number of esters is 1. The summed E-state index contributed by atoms with van der Waals surface area (Å²) >= 11 is 12.9. The van der Waals surface area contributed by atoms with Crippen molar-refractivity contribution in [2.24, 2.45) is 4.99 Å². The predicted octanol–water partition coefficient (Wildman–Crippen LogP) is 6.73. The van der Waals surface area contributed by atoms with Crippen molar-refractivity contribution in [3.63, 3.8) is 0 Å². The zero-order valence-corrected chi connectivity index (χ0v) is 20.6. The number of ether oxygens (including phenoxy) is 3. The zero-order chi connectivity index (χ0) is 22.3. The summed E-state index contributed by atoms with van der Waals surface area (Å²) in [5.41, 5.74) is 0.270. The highest BCUT2D eigenvalue weighted by molar-refractivity contribution is 9.11. The van der Waals surface area contributed by atoms with Crippen LogP contribution in [-0.2, 0) is 20.7 Å². The van der Waals surface area contributed by atoms with Crippen LogP contribution in [0.25, 0.3) is 0 Å². The largest absolute Gasteiger partial charge is 0.481 e. The van der Waals surface area contributed by atoms with Crippen molar-refractivity contribution in [2.45, 2.75) is 33.2 Å². The Morgan fingerprint density at radius 3 is 2.37 bits per heavy atom. The number of nitrogens with zero attached hydrogens (tertiary/aromatic N) is 1. The minimum Gasteiger partial charge on any atom is -0.481 e. The molecular weight excluding hydrogens is 544 g/mol. The fourth-order valence-corrected chi connectivity index (χ4v) is 3.94. The van der Waals surface area contributed by atoms with Crippen molar-refractivity contribution in [1.82, 2.24) is 0 Å². The molecule has 0 aliphatic carbocycles. The van der Waals surface area contributed by atoms with Crippen LogP contribution in [0.1, 0.15) is 26.3 Å². The lowest BCUT2D eigenvalue weighted by molar-refractivity contribution is -0.144. The topological polar surface area (TPSA) is 57.1 Å². The van der Waals surface area contributed by atoms with Crippen molar-refractivity contribution in [3.05, 3.63) is 55.7 Å². The summed E-state index contributed by atoms with van der Waals surface area (Å²) in [5, 5.41) is 0.127. The van der Waals surface area contributed by atoms with Crippen LogP contribution < -0.4 is 4.74 Å². The molecule has 162 valence electrons. The molecule has 2 aromatic carbocycles. The predicted molar refractivity (Wildman–Crippen MR) is 122 cm³/mol. The second-order valence-corrected chi connectivity index (χ2v) is 8.36. The maximum Gasteiger partial charge on any atom is 0.330 e. The first-order valence-corrected chi connectivity index (χ1v) is 11.2. The lowest BCUT2D eigenvalue weighted by Gasteiger charge is -2.14. The van der Waals surface area contributed by atoms with Crippen LogP contribution >= 0.6 is 43.5 Å². The summed E-state index contributed by atoms with van der Waals surface area (Å²) in [4.78, 5) is 16.1. The van der Waals surface area contributed by atoms with E-state index in [1.54, 1.807) is 39.0 Å². The van der Waals surface area contributed by atoms with Crippen LogP contribution in [0.2, 0.25) is 5.02 Å². The quantitative estimate of drug-likeness (QED) is 0.202. The van der Waals surface area contributed by atoms with Gasteiger partial charge in [-0.1, -0.05) is 49.5 Å². The molecule has 0 spiro atoms. The van der Waals surface area contributed by atoms with E-state index in [1.807, 2.05) is 6.07 Å². The van der Waals surface area contributed by atoms with Gasteiger partial charge in [0.05, 0.1) is 24.7 Å². The number of hydrogen-bond donors (Lipinski definition) is 0. The molecule has 0 aliphatic heterocycles. The first-order chi connectivity index (χ1) is 14.2. The normalized spacial score (nSPS) is 12.4. The monoisotopic (exact) mass is 563 g/mol. The Morgan fingerprint density at radius 2 is 1.77 bits per heavy atom. The van der Waals surface area contributed by atoms with Gasteiger partial charge in [-0.05, 0) is 45.0 Å². The highest BCUT2D eigenvalue weighted by Gasteiger charge is 2.19. The molecule has 9 heteroatoms. The van der Waals surface area contributed by atoms with Gasteiger partial charge in [0.1, 0.15) is 11.8 Å². The molecule has 0 radical (unpaired) electrons. The molecule has 0 aliphatic rings. The third-order valence-electron chi connectivity index (χ3n) is 3.80. The maximum atomic E-state index is 15.2. The Morgan fingerprint density at radius 1 is 1.13 bits per heavy atom. The molecule has 0 unspecified atom stereocenters. The van der Waals surface area contributed by atoms with Crippen LogP contribution in [0.5, 0.6) is 11.5 Å². The average molecular weight is 566 g/mol. The van der Waals surface area contributed by atoms with E-state index in [9.17, 15) is 4.79 Å². The fraction of sp³-hybridized carbons (Fsp3) is 0.333. The Labute approximate surface area is 196 Å². The van der Waals surface area contributed by atoms with E-state index < -0.39 is 17.8 Å². The van der Waals surface area contributed by atoms with Gasteiger partial charge in [-0.25, -0.2) is 14.2 Å². The molecule has 0 heterocycles. The molecule has 0 saturated heterocycles. The van der Waals surface area contributed by atoms with Crippen LogP contribution in [-0.4, -0.2) is 31.1 Å². The number of carbonyl (C=O) groups is 1. The lowest BCUT2D eigenvalue weighted by Crippen LogP contribution is -2.22. The molecule has 0 amide bonds. The standard InChI is InChI=1S/C21H21Br2ClFNO4/c1-4-28-18(26-12(3)21(27)29-5-2)8-13-6-7-17(24)20(19(13)25)30-16-10-14(22)9-15(23)11-16/h6-7,9-12H,4-5,8H2,1-3H3/t12-/m1/s1. The van der Waals surface area contributed by atoms with Gasteiger partial charge in [-0.15, -0.1) is 0 Å². The molecule has 0 aromatic heterocycles. The molecule has 0 bridgehead atoms. The Balaban J connectivity index is 2.32.